The molecule has 0 saturated carbocycles. The van der Waals surface area contributed by atoms with Crippen molar-refractivity contribution in [1.82, 2.24) is 19.7 Å². The maximum Gasteiger partial charge on any atom is 0.240 e. The summed E-state index contributed by atoms with van der Waals surface area (Å²) in [5, 5.41) is 17.9. The number of nitrogens with zero attached hydrogens (tertiary/aromatic N) is 3. The standard InChI is InChI=1S/C23H27FN4O5S/c1-32-16-6-9-18(10-7-16)34(30,31)26-21-11-8-17(33-23(21)15-29)12-13-28-14-22(25-27-28)19-4-2-3-5-20(19)24/h2-7,9-10,14,17,21,23,26,29H,8,11-13,15H2,1H3/t17-,21-,23+/m1/s1. The van der Waals surface area contributed by atoms with Crippen molar-refractivity contribution < 1.29 is 27.4 Å². The third-order valence-corrected chi connectivity index (χ3v) is 7.35. The molecule has 3 atom stereocenters. The molecule has 1 aliphatic rings. The molecule has 34 heavy (non-hydrogen) atoms. The van der Waals surface area contributed by atoms with Crippen LogP contribution in [-0.2, 0) is 21.3 Å². The molecule has 2 aromatic carbocycles. The van der Waals surface area contributed by atoms with Gasteiger partial charge in [0.2, 0.25) is 10.0 Å². The van der Waals surface area contributed by atoms with E-state index in [2.05, 4.69) is 15.0 Å². The van der Waals surface area contributed by atoms with Crippen LogP contribution >= 0.6 is 0 Å². The Labute approximate surface area is 197 Å². The van der Waals surface area contributed by atoms with Gasteiger partial charge in [-0.2, -0.15) is 0 Å². The zero-order valence-electron chi connectivity index (χ0n) is 18.7. The molecule has 1 fully saturated rings. The van der Waals surface area contributed by atoms with Crippen LogP contribution in [0, 0.1) is 5.82 Å². The zero-order valence-corrected chi connectivity index (χ0v) is 19.5. The zero-order chi connectivity index (χ0) is 24.1. The first kappa shape index (κ1) is 24.3. The molecule has 0 amide bonds. The van der Waals surface area contributed by atoms with Crippen molar-refractivity contribution >= 4 is 10.0 Å². The van der Waals surface area contributed by atoms with Crippen LogP contribution in [0.25, 0.3) is 11.3 Å². The molecule has 182 valence electrons. The normalized spacial score (nSPS) is 20.9. The van der Waals surface area contributed by atoms with Crippen molar-refractivity contribution in [1.29, 1.82) is 0 Å². The van der Waals surface area contributed by atoms with Gasteiger partial charge in [0.1, 0.15) is 17.3 Å². The van der Waals surface area contributed by atoms with E-state index in [4.69, 9.17) is 9.47 Å². The van der Waals surface area contributed by atoms with Crippen molar-refractivity contribution in [2.24, 2.45) is 0 Å². The summed E-state index contributed by atoms with van der Waals surface area (Å²) in [7, 11) is -2.27. The maximum atomic E-state index is 14.0. The maximum absolute atomic E-state index is 14.0. The Hall–Kier alpha value is -2.86. The van der Waals surface area contributed by atoms with Crippen LogP contribution in [0.2, 0.25) is 0 Å². The highest BCUT2D eigenvalue weighted by atomic mass is 32.2. The lowest BCUT2D eigenvalue weighted by atomic mass is 9.98. The van der Waals surface area contributed by atoms with E-state index in [1.807, 2.05) is 0 Å². The van der Waals surface area contributed by atoms with E-state index >= 15 is 0 Å². The molecular weight excluding hydrogens is 463 g/mol. The third-order valence-electron chi connectivity index (χ3n) is 5.84. The number of hydrogen-bond donors (Lipinski definition) is 2. The van der Waals surface area contributed by atoms with Gasteiger partial charge in [-0.1, -0.05) is 17.3 Å². The Morgan fingerprint density at radius 1 is 1.21 bits per heavy atom. The number of rotatable bonds is 9. The smallest absolute Gasteiger partial charge is 0.240 e. The summed E-state index contributed by atoms with van der Waals surface area (Å²) < 4.78 is 54.8. The van der Waals surface area contributed by atoms with Gasteiger partial charge in [0.15, 0.2) is 0 Å². The van der Waals surface area contributed by atoms with Gasteiger partial charge in [-0.25, -0.2) is 17.5 Å². The molecule has 3 aromatic rings. The monoisotopic (exact) mass is 490 g/mol. The van der Waals surface area contributed by atoms with E-state index in [-0.39, 0.29) is 23.4 Å². The second-order valence-electron chi connectivity index (χ2n) is 8.10. The minimum Gasteiger partial charge on any atom is -0.497 e. The number of hydrogen-bond acceptors (Lipinski definition) is 7. The van der Waals surface area contributed by atoms with Gasteiger partial charge < -0.3 is 14.6 Å². The van der Waals surface area contributed by atoms with Crippen molar-refractivity contribution in [3.63, 3.8) is 0 Å². The van der Waals surface area contributed by atoms with Crippen LogP contribution in [0.15, 0.2) is 59.6 Å². The summed E-state index contributed by atoms with van der Waals surface area (Å²) in [4.78, 5) is 0.115. The van der Waals surface area contributed by atoms with Crippen LogP contribution in [0.1, 0.15) is 19.3 Å². The van der Waals surface area contributed by atoms with Crippen LogP contribution in [0.4, 0.5) is 4.39 Å². The Kier molecular flexibility index (Phi) is 7.57. The minimum atomic E-state index is -3.78. The lowest BCUT2D eigenvalue weighted by molar-refractivity contribution is -0.0891. The van der Waals surface area contributed by atoms with Crippen molar-refractivity contribution in [3.8, 4) is 17.0 Å². The number of aryl methyl sites for hydroxylation is 1. The number of methoxy groups -OCH3 is 1. The minimum absolute atomic E-state index is 0.115. The quantitative estimate of drug-likeness (QED) is 0.473. The van der Waals surface area contributed by atoms with Gasteiger partial charge in [-0.3, -0.25) is 4.68 Å². The highest BCUT2D eigenvalue weighted by molar-refractivity contribution is 7.89. The topological polar surface area (TPSA) is 116 Å². The summed E-state index contributed by atoms with van der Waals surface area (Å²) in [6.45, 7) is 0.180. The number of aliphatic hydroxyl groups excluding tert-OH is 1. The second kappa shape index (κ2) is 10.6. The van der Waals surface area contributed by atoms with Crippen LogP contribution in [0.5, 0.6) is 5.75 Å². The molecule has 2 N–H and O–H groups in total. The molecule has 11 heteroatoms. The van der Waals surface area contributed by atoms with E-state index in [9.17, 15) is 17.9 Å². The van der Waals surface area contributed by atoms with E-state index in [0.717, 1.165) is 0 Å². The molecule has 1 aliphatic heterocycles. The van der Waals surface area contributed by atoms with Gasteiger partial charge >= 0.3 is 0 Å². The Morgan fingerprint density at radius 3 is 2.68 bits per heavy atom. The Bertz CT molecular complexity index is 1200. The first-order valence-electron chi connectivity index (χ1n) is 11.0. The predicted octanol–water partition coefficient (Wildman–Crippen LogP) is 2.37. The number of nitrogens with one attached hydrogen (secondary N) is 1. The summed E-state index contributed by atoms with van der Waals surface area (Å²) in [5.41, 5.74) is 0.832. The lowest BCUT2D eigenvalue weighted by Crippen LogP contribution is -2.50. The molecular formula is C23H27FN4O5S. The largest absolute Gasteiger partial charge is 0.497 e. The molecule has 0 spiro atoms. The fraction of sp³-hybridized carbons (Fsp3) is 0.391. The van der Waals surface area contributed by atoms with Gasteiger partial charge in [-0.15, -0.1) is 5.10 Å². The van der Waals surface area contributed by atoms with Crippen LogP contribution in [0.3, 0.4) is 0 Å². The van der Waals surface area contributed by atoms with Gasteiger partial charge in [0.25, 0.3) is 0 Å². The number of sulfonamides is 1. The number of halogens is 1. The van der Waals surface area contributed by atoms with E-state index < -0.39 is 22.2 Å². The highest BCUT2D eigenvalue weighted by Crippen LogP contribution is 2.25. The van der Waals surface area contributed by atoms with Crippen molar-refractivity contribution in [2.45, 2.75) is 49.0 Å². The number of aliphatic hydroxyl groups is 1. The molecule has 9 nitrogen and oxygen atoms in total. The number of aromatic nitrogens is 3. The number of ether oxygens (including phenoxy) is 2. The predicted molar refractivity (Wildman–Crippen MR) is 122 cm³/mol. The van der Waals surface area contributed by atoms with Gasteiger partial charge in [0.05, 0.1) is 43.1 Å². The highest BCUT2D eigenvalue weighted by Gasteiger charge is 2.34. The first-order chi connectivity index (χ1) is 16.4. The van der Waals surface area contributed by atoms with E-state index in [0.29, 0.717) is 42.8 Å². The van der Waals surface area contributed by atoms with Gasteiger partial charge in [-0.05, 0) is 55.7 Å². The molecule has 2 heterocycles. The lowest BCUT2D eigenvalue weighted by Gasteiger charge is -2.36. The van der Waals surface area contributed by atoms with E-state index in [1.165, 1.54) is 25.3 Å². The van der Waals surface area contributed by atoms with Crippen LogP contribution in [-0.4, -0.2) is 60.5 Å². The third kappa shape index (κ3) is 5.61. The van der Waals surface area contributed by atoms with E-state index in [1.54, 1.807) is 41.2 Å². The summed E-state index contributed by atoms with van der Waals surface area (Å²) in [6, 6.07) is 11.9. The van der Waals surface area contributed by atoms with Crippen molar-refractivity contribution in [2.75, 3.05) is 13.7 Å². The van der Waals surface area contributed by atoms with Gasteiger partial charge in [0, 0.05) is 12.1 Å². The Balaban J connectivity index is 1.33. The van der Waals surface area contributed by atoms with Crippen molar-refractivity contribution in [3.05, 3.63) is 60.5 Å². The first-order valence-corrected chi connectivity index (χ1v) is 12.5. The SMILES string of the molecule is COc1ccc(S(=O)(=O)N[C@@H]2CC[C@H](CCn3cc(-c4ccccc4F)nn3)O[C@H]2CO)cc1. The number of benzene rings is 2. The molecule has 4 rings (SSSR count). The molecule has 1 saturated heterocycles. The molecule has 0 bridgehead atoms. The summed E-state index contributed by atoms with van der Waals surface area (Å²) >= 11 is 0. The second-order valence-corrected chi connectivity index (χ2v) is 9.81. The average Bonchev–Trinajstić information content (AvgIpc) is 3.32. The fourth-order valence-corrected chi connectivity index (χ4v) is 5.28. The molecule has 0 unspecified atom stereocenters. The molecule has 0 radical (unpaired) electrons. The summed E-state index contributed by atoms with van der Waals surface area (Å²) in [6.07, 6.45) is 2.55. The van der Waals surface area contributed by atoms with Crippen LogP contribution < -0.4 is 9.46 Å². The summed E-state index contributed by atoms with van der Waals surface area (Å²) in [5.74, 6) is 0.198. The molecule has 1 aromatic heterocycles. The fourth-order valence-electron chi connectivity index (χ4n) is 3.98. The Morgan fingerprint density at radius 2 is 1.97 bits per heavy atom. The average molecular weight is 491 g/mol. The molecule has 0 aliphatic carbocycles.